The van der Waals surface area contributed by atoms with E-state index in [1.807, 2.05) is 12.1 Å². The highest BCUT2D eigenvalue weighted by Gasteiger charge is 2.00. The lowest BCUT2D eigenvalue weighted by molar-refractivity contribution is 0.842. The predicted octanol–water partition coefficient (Wildman–Crippen LogP) is 1.06. The first-order chi connectivity index (χ1) is 9.42. The Morgan fingerprint density at radius 1 is 1.11 bits per heavy atom. The van der Waals surface area contributed by atoms with Crippen molar-refractivity contribution < 1.29 is 0 Å². The second-order valence-corrected chi connectivity index (χ2v) is 3.79. The zero-order chi connectivity index (χ0) is 12.9. The van der Waals surface area contributed by atoms with Gasteiger partial charge in [0.05, 0.1) is 0 Å². The van der Waals surface area contributed by atoms with E-state index in [1.54, 1.807) is 35.7 Å². The molecule has 0 saturated heterocycles. The number of rotatable bonds is 4. The molecule has 0 amide bonds. The summed E-state index contributed by atoms with van der Waals surface area (Å²) in [5, 5.41) is 7.14. The van der Waals surface area contributed by atoms with Gasteiger partial charge in [-0.1, -0.05) is 6.07 Å². The first-order valence-corrected chi connectivity index (χ1v) is 5.72. The number of anilines is 1. The van der Waals surface area contributed by atoms with E-state index >= 15 is 0 Å². The van der Waals surface area contributed by atoms with Crippen molar-refractivity contribution in [3.8, 4) is 5.82 Å². The molecule has 0 aromatic carbocycles. The maximum Gasteiger partial charge on any atom is 0.222 e. The van der Waals surface area contributed by atoms with Crippen LogP contribution in [0, 0.1) is 0 Å². The summed E-state index contributed by atoms with van der Waals surface area (Å²) in [6.07, 6.45) is 8.26. The van der Waals surface area contributed by atoms with Crippen molar-refractivity contribution >= 4 is 5.95 Å². The van der Waals surface area contributed by atoms with Crippen LogP contribution in [-0.4, -0.2) is 29.7 Å². The van der Waals surface area contributed by atoms with Crippen LogP contribution < -0.4 is 5.32 Å². The molecule has 0 saturated carbocycles. The molecule has 0 unspecified atom stereocenters. The Labute approximate surface area is 109 Å². The van der Waals surface area contributed by atoms with Gasteiger partial charge in [-0.3, -0.25) is 0 Å². The molecule has 0 aliphatic rings. The minimum Gasteiger partial charge on any atom is -0.350 e. The highest BCUT2D eigenvalue weighted by Crippen LogP contribution is 2.05. The van der Waals surface area contributed by atoms with Gasteiger partial charge in [-0.15, -0.1) is 0 Å². The molecule has 3 heterocycles. The Morgan fingerprint density at radius 3 is 2.68 bits per heavy atom. The van der Waals surface area contributed by atoms with Crippen LogP contribution in [0.1, 0.15) is 5.56 Å². The van der Waals surface area contributed by atoms with E-state index in [0.717, 1.165) is 11.4 Å². The van der Waals surface area contributed by atoms with Gasteiger partial charge in [-0.25, -0.2) is 24.6 Å². The van der Waals surface area contributed by atoms with Gasteiger partial charge in [-0.05, 0) is 17.7 Å². The lowest BCUT2D eigenvalue weighted by Crippen LogP contribution is -2.04. The molecule has 0 aliphatic heterocycles. The van der Waals surface area contributed by atoms with Gasteiger partial charge in [0.15, 0.2) is 5.82 Å². The molecule has 7 nitrogen and oxygen atoms in total. The molecule has 0 fully saturated rings. The molecule has 0 spiro atoms. The largest absolute Gasteiger partial charge is 0.350 e. The second-order valence-electron chi connectivity index (χ2n) is 3.79. The van der Waals surface area contributed by atoms with E-state index in [4.69, 9.17) is 0 Å². The molecule has 7 heteroatoms. The van der Waals surface area contributed by atoms with Gasteiger partial charge in [0, 0.05) is 25.1 Å². The van der Waals surface area contributed by atoms with Gasteiger partial charge in [0.2, 0.25) is 5.95 Å². The summed E-state index contributed by atoms with van der Waals surface area (Å²) in [7, 11) is 0. The summed E-state index contributed by atoms with van der Waals surface area (Å²) >= 11 is 0. The second kappa shape index (κ2) is 5.21. The summed E-state index contributed by atoms with van der Waals surface area (Å²) in [6, 6.07) is 5.64. The summed E-state index contributed by atoms with van der Waals surface area (Å²) in [4.78, 5) is 16.4. The molecule has 3 rings (SSSR count). The van der Waals surface area contributed by atoms with Crippen molar-refractivity contribution in [1.29, 1.82) is 0 Å². The van der Waals surface area contributed by atoms with E-state index in [2.05, 4.69) is 30.4 Å². The van der Waals surface area contributed by atoms with Crippen LogP contribution in [-0.2, 0) is 6.54 Å². The molecule has 19 heavy (non-hydrogen) atoms. The fourth-order valence-electron chi connectivity index (χ4n) is 1.55. The molecule has 0 bridgehead atoms. The molecular weight excluding hydrogens is 242 g/mol. The van der Waals surface area contributed by atoms with Crippen LogP contribution in [0.25, 0.3) is 5.82 Å². The van der Waals surface area contributed by atoms with Gasteiger partial charge in [0.1, 0.15) is 12.7 Å². The highest BCUT2D eigenvalue weighted by atomic mass is 15.3. The average molecular weight is 253 g/mol. The van der Waals surface area contributed by atoms with Crippen LogP contribution in [0.15, 0.2) is 49.4 Å². The first kappa shape index (κ1) is 11.3. The smallest absolute Gasteiger partial charge is 0.222 e. The Morgan fingerprint density at radius 2 is 2.00 bits per heavy atom. The summed E-state index contributed by atoms with van der Waals surface area (Å²) < 4.78 is 1.61. The molecule has 1 N–H and O–H groups in total. The highest BCUT2D eigenvalue weighted by molar-refractivity contribution is 5.28. The van der Waals surface area contributed by atoms with Crippen molar-refractivity contribution in [3.05, 3.63) is 55.0 Å². The van der Waals surface area contributed by atoms with Crippen LogP contribution in [0.5, 0.6) is 0 Å². The van der Waals surface area contributed by atoms with Gasteiger partial charge in [0.25, 0.3) is 0 Å². The van der Waals surface area contributed by atoms with Crippen molar-refractivity contribution in [1.82, 2.24) is 29.7 Å². The third-order valence-corrected chi connectivity index (χ3v) is 2.48. The van der Waals surface area contributed by atoms with Crippen molar-refractivity contribution in [2.45, 2.75) is 6.54 Å². The van der Waals surface area contributed by atoms with E-state index in [0.29, 0.717) is 12.5 Å². The number of nitrogens with zero attached hydrogens (tertiary/aromatic N) is 6. The van der Waals surface area contributed by atoms with Gasteiger partial charge < -0.3 is 5.32 Å². The maximum absolute atomic E-state index is 4.31. The third-order valence-electron chi connectivity index (χ3n) is 2.48. The minimum absolute atomic E-state index is 0.600. The molecule has 0 radical (unpaired) electrons. The fraction of sp³-hybridized carbons (Fsp3) is 0.0833. The average Bonchev–Trinajstić information content (AvgIpc) is 3.01. The number of pyridine rings is 1. The Bertz CT molecular complexity index is 619. The maximum atomic E-state index is 4.31. The lowest BCUT2D eigenvalue weighted by atomic mass is 10.3. The summed E-state index contributed by atoms with van der Waals surface area (Å²) in [6.45, 7) is 0.620. The quantitative estimate of drug-likeness (QED) is 0.748. The van der Waals surface area contributed by atoms with Crippen molar-refractivity contribution in [2.75, 3.05) is 5.32 Å². The van der Waals surface area contributed by atoms with E-state index in [-0.39, 0.29) is 0 Å². The molecule has 3 aromatic heterocycles. The van der Waals surface area contributed by atoms with Crippen LogP contribution in [0.4, 0.5) is 5.95 Å². The molecule has 0 atom stereocenters. The van der Waals surface area contributed by atoms with Crippen molar-refractivity contribution in [3.63, 3.8) is 0 Å². The molecule has 94 valence electrons. The zero-order valence-corrected chi connectivity index (χ0v) is 10.0. The summed E-state index contributed by atoms with van der Waals surface area (Å²) in [5.41, 5.74) is 1.04. The van der Waals surface area contributed by atoms with E-state index in [1.165, 1.54) is 6.33 Å². The van der Waals surface area contributed by atoms with Crippen LogP contribution in [0.3, 0.4) is 0 Å². The predicted molar refractivity (Wildman–Crippen MR) is 68.5 cm³/mol. The molecular formula is C12H11N7. The van der Waals surface area contributed by atoms with Crippen molar-refractivity contribution in [2.24, 2.45) is 0 Å². The number of hydrogen-bond acceptors (Lipinski definition) is 6. The van der Waals surface area contributed by atoms with E-state index in [9.17, 15) is 0 Å². The fourth-order valence-corrected chi connectivity index (χ4v) is 1.55. The minimum atomic E-state index is 0.600. The molecule has 0 aliphatic carbocycles. The zero-order valence-electron chi connectivity index (χ0n) is 10.0. The number of aromatic nitrogens is 6. The van der Waals surface area contributed by atoms with Gasteiger partial charge in [-0.2, -0.15) is 5.10 Å². The van der Waals surface area contributed by atoms with E-state index < -0.39 is 0 Å². The Kier molecular flexibility index (Phi) is 3.09. The van der Waals surface area contributed by atoms with Gasteiger partial charge >= 0.3 is 0 Å². The first-order valence-electron chi connectivity index (χ1n) is 5.72. The SMILES string of the molecule is c1cnc(NCc2ccc(-n3cncn3)nc2)nc1. The van der Waals surface area contributed by atoms with Crippen LogP contribution >= 0.6 is 0 Å². The standard InChI is InChI=1S/C12H11N7/c1-4-14-12(15-5-1)17-7-10-2-3-11(16-6-10)19-9-13-8-18-19/h1-6,8-9H,7H2,(H,14,15,17). The summed E-state index contributed by atoms with van der Waals surface area (Å²) in [5.74, 6) is 1.33. The number of hydrogen-bond donors (Lipinski definition) is 1. The Hall–Kier alpha value is -2.83. The Balaban J connectivity index is 1.67. The lowest BCUT2D eigenvalue weighted by Gasteiger charge is -2.05. The monoisotopic (exact) mass is 253 g/mol. The topological polar surface area (TPSA) is 81.4 Å². The third kappa shape index (κ3) is 2.71. The molecule has 3 aromatic rings. The van der Waals surface area contributed by atoms with Crippen LogP contribution in [0.2, 0.25) is 0 Å². The number of nitrogens with one attached hydrogen (secondary N) is 1. The normalized spacial score (nSPS) is 10.3.